The molecule has 0 radical (unpaired) electrons. The van der Waals surface area contributed by atoms with Gasteiger partial charge >= 0.3 is 0 Å². The number of rotatable bonds is 6. The summed E-state index contributed by atoms with van der Waals surface area (Å²) in [6, 6.07) is 1.57. The highest BCUT2D eigenvalue weighted by Gasteiger charge is 2.29. The van der Waals surface area contributed by atoms with E-state index in [4.69, 9.17) is 15.0 Å². The van der Waals surface area contributed by atoms with Crippen molar-refractivity contribution in [3.63, 3.8) is 0 Å². The van der Waals surface area contributed by atoms with E-state index in [-0.39, 0.29) is 17.5 Å². The van der Waals surface area contributed by atoms with Crippen LogP contribution in [0.3, 0.4) is 0 Å². The molecule has 1 heterocycles. The molecule has 3 N–H and O–H groups in total. The molecule has 0 fully saturated rings. The molecule has 0 aromatic carbocycles. The van der Waals surface area contributed by atoms with Gasteiger partial charge < -0.3 is 20.3 Å². The number of nitrogens with zero attached hydrogens (tertiary/aromatic N) is 1. The van der Waals surface area contributed by atoms with Crippen molar-refractivity contribution in [2.75, 3.05) is 13.7 Å². The second-order valence-electron chi connectivity index (χ2n) is 4.84. The lowest BCUT2D eigenvalue weighted by atomic mass is 9.88. The van der Waals surface area contributed by atoms with Gasteiger partial charge in [0, 0.05) is 19.7 Å². The van der Waals surface area contributed by atoms with Crippen LogP contribution in [0.25, 0.3) is 0 Å². The normalized spacial score (nSPS) is 14.6. The van der Waals surface area contributed by atoms with Gasteiger partial charge in [0.15, 0.2) is 11.5 Å². The van der Waals surface area contributed by atoms with Gasteiger partial charge in [-0.2, -0.15) is 0 Å². The third kappa shape index (κ3) is 3.30. The molecule has 18 heavy (non-hydrogen) atoms. The van der Waals surface area contributed by atoms with E-state index in [9.17, 15) is 4.79 Å². The van der Waals surface area contributed by atoms with Crippen LogP contribution in [-0.4, -0.2) is 30.3 Å². The summed E-state index contributed by atoms with van der Waals surface area (Å²) in [5.74, 6) is 0.446. The zero-order valence-corrected chi connectivity index (χ0v) is 11.3. The number of aromatic nitrogens is 1. The van der Waals surface area contributed by atoms with Gasteiger partial charge in [0.05, 0.1) is 5.54 Å². The van der Waals surface area contributed by atoms with E-state index in [2.05, 4.69) is 10.5 Å². The van der Waals surface area contributed by atoms with Gasteiger partial charge in [0.1, 0.15) is 6.61 Å². The van der Waals surface area contributed by atoms with Gasteiger partial charge in [0.2, 0.25) is 0 Å². The average molecular weight is 255 g/mol. The SMILES string of the molecule is COCc1cc(C(=O)NC(C)(CN)C(C)C)no1. The summed E-state index contributed by atoms with van der Waals surface area (Å²) < 4.78 is 9.86. The molecule has 0 aliphatic carbocycles. The van der Waals surface area contributed by atoms with Crippen molar-refractivity contribution < 1.29 is 14.1 Å². The fraction of sp³-hybridized carbons (Fsp3) is 0.667. The Balaban J connectivity index is 2.75. The molecule has 1 aromatic heterocycles. The van der Waals surface area contributed by atoms with Crippen molar-refractivity contribution >= 4 is 5.91 Å². The van der Waals surface area contributed by atoms with Crippen molar-refractivity contribution in [1.29, 1.82) is 0 Å². The molecule has 0 bridgehead atoms. The minimum Gasteiger partial charge on any atom is -0.377 e. The van der Waals surface area contributed by atoms with Gasteiger partial charge in [-0.05, 0) is 12.8 Å². The maximum atomic E-state index is 12.0. The molecule has 6 heteroatoms. The Hall–Kier alpha value is -1.40. The van der Waals surface area contributed by atoms with Crippen LogP contribution in [0.5, 0.6) is 0 Å². The summed E-state index contributed by atoms with van der Waals surface area (Å²) >= 11 is 0. The Labute approximate surface area is 107 Å². The Morgan fingerprint density at radius 2 is 2.33 bits per heavy atom. The average Bonchev–Trinajstić information content (AvgIpc) is 2.77. The molecule has 1 amide bonds. The van der Waals surface area contributed by atoms with Gasteiger partial charge in [-0.1, -0.05) is 19.0 Å². The van der Waals surface area contributed by atoms with E-state index in [0.717, 1.165) is 0 Å². The fourth-order valence-electron chi connectivity index (χ4n) is 1.38. The monoisotopic (exact) mass is 255 g/mol. The van der Waals surface area contributed by atoms with Crippen LogP contribution in [0, 0.1) is 5.92 Å². The number of carbonyl (C=O) groups excluding carboxylic acids is 1. The first-order valence-electron chi connectivity index (χ1n) is 5.90. The van der Waals surface area contributed by atoms with Crippen LogP contribution in [0.2, 0.25) is 0 Å². The third-order valence-electron chi connectivity index (χ3n) is 3.18. The van der Waals surface area contributed by atoms with E-state index in [1.807, 2.05) is 20.8 Å². The molecular weight excluding hydrogens is 234 g/mol. The molecule has 6 nitrogen and oxygen atoms in total. The zero-order chi connectivity index (χ0) is 13.8. The number of carbonyl (C=O) groups is 1. The van der Waals surface area contributed by atoms with Crippen molar-refractivity contribution in [2.24, 2.45) is 11.7 Å². The number of ether oxygens (including phenoxy) is 1. The number of hydrogen-bond donors (Lipinski definition) is 2. The van der Waals surface area contributed by atoms with E-state index < -0.39 is 5.54 Å². The molecule has 0 aliphatic rings. The summed E-state index contributed by atoms with van der Waals surface area (Å²) in [5.41, 5.74) is 5.49. The maximum Gasteiger partial charge on any atom is 0.273 e. The molecular formula is C12H21N3O3. The van der Waals surface area contributed by atoms with Crippen LogP contribution in [0.1, 0.15) is 37.0 Å². The van der Waals surface area contributed by atoms with E-state index in [1.54, 1.807) is 13.2 Å². The summed E-state index contributed by atoms with van der Waals surface area (Å²) in [5, 5.41) is 6.59. The van der Waals surface area contributed by atoms with Gasteiger partial charge in [-0.25, -0.2) is 0 Å². The summed E-state index contributed by atoms with van der Waals surface area (Å²) in [4.78, 5) is 12.0. The number of nitrogens with one attached hydrogen (secondary N) is 1. The Bertz CT molecular complexity index is 403. The summed E-state index contributed by atoms with van der Waals surface area (Å²) in [7, 11) is 1.55. The number of hydrogen-bond acceptors (Lipinski definition) is 5. The molecule has 1 aromatic rings. The standard InChI is InChI=1S/C12H21N3O3/c1-8(2)12(3,7-13)14-11(16)10-5-9(6-17-4)18-15-10/h5,8H,6-7,13H2,1-4H3,(H,14,16). The Morgan fingerprint density at radius 3 is 2.83 bits per heavy atom. The summed E-state index contributed by atoms with van der Waals surface area (Å²) in [6.45, 7) is 6.57. The van der Waals surface area contributed by atoms with Crippen molar-refractivity contribution in [3.05, 3.63) is 17.5 Å². The molecule has 102 valence electrons. The van der Waals surface area contributed by atoms with Crippen LogP contribution in [0.15, 0.2) is 10.6 Å². The quantitative estimate of drug-likeness (QED) is 0.789. The van der Waals surface area contributed by atoms with Crippen LogP contribution < -0.4 is 11.1 Å². The summed E-state index contributed by atoms with van der Waals surface area (Å²) in [6.07, 6.45) is 0. The van der Waals surface area contributed by atoms with E-state index >= 15 is 0 Å². The smallest absolute Gasteiger partial charge is 0.273 e. The number of methoxy groups -OCH3 is 1. The minimum absolute atomic E-state index is 0.219. The van der Waals surface area contributed by atoms with E-state index in [1.165, 1.54) is 0 Å². The topological polar surface area (TPSA) is 90.4 Å². The first-order valence-corrected chi connectivity index (χ1v) is 5.90. The van der Waals surface area contributed by atoms with E-state index in [0.29, 0.717) is 18.9 Å². The molecule has 0 spiro atoms. The van der Waals surface area contributed by atoms with Crippen molar-refractivity contribution in [1.82, 2.24) is 10.5 Å². The minimum atomic E-state index is -0.461. The number of nitrogens with two attached hydrogens (primary N) is 1. The highest BCUT2D eigenvalue weighted by molar-refractivity contribution is 5.92. The second-order valence-corrected chi connectivity index (χ2v) is 4.84. The molecule has 0 aliphatic heterocycles. The molecule has 0 saturated heterocycles. The lowest BCUT2D eigenvalue weighted by Gasteiger charge is -2.33. The molecule has 1 unspecified atom stereocenters. The highest BCUT2D eigenvalue weighted by Crippen LogP contribution is 2.16. The molecule has 0 saturated carbocycles. The van der Waals surface area contributed by atoms with Crippen molar-refractivity contribution in [3.8, 4) is 0 Å². The lowest BCUT2D eigenvalue weighted by molar-refractivity contribution is 0.0873. The van der Waals surface area contributed by atoms with Crippen LogP contribution in [0.4, 0.5) is 0 Å². The lowest BCUT2D eigenvalue weighted by Crippen LogP contribution is -2.55. The first-order chi connectivity index (χ1) is 8.42. The van der Waals surface area contributed by atoms with Crippen LogP contribution >= 0.6 is 0 Å². The largest absolute Gasteiger partial charge is 0.377 e. The highest BCUT2D eigenvalue weighted by atomic mass is 16.5. The first kappa shape index (κ1) is 14.7. The number of amides is 1. The maximum absolute atomic E-state index is 12.0. The van der Waals surface area contributed by atoms with Crippen molar-refractivity contribution in [2.45, 2.75) is 32.9 Å². The predicted molar refractivity (Wildman–Crippen MR) is 67.0 cm³/mol. The molecule has 1 rings (SSSR count). The fourth-order valence-corrected chi connectivity index (χ4v) is 1.38. The Morgan fingerprint density at radius 1 is 1.67 bits per heavy atom. The Kier molecular flexibility index (Phi) is 4.86. The predicted octanol–water partition coefficient (Wildman–Crippen LogP) is 0.924. The van der Waals surface area contributed by atoms with Gasteiger partial charge in [0.25, 0.3) is 5.91 Å². The van der Waals surface area contributed by atoms with Gasteiger partial charge in [-0.3, -0.25) is 4.79 Å². The van der Waals surface area contributed by atoms with Crippen LogP contribution in [-0.2, 0) is 11.3 Å². The molecule has 1 atom stereocenters. The zero-order valence-electron chi connectivity index (χ0n) is 11.3. The third-order valence-corrected chi connectivity index (χ3v) is 3.18. The second kappa shape index (κ2) is 5.97. The van der Waals surface area contributed by atoms with Gasteiger partial charge in [-0.15, -0.1) is 0 Å².